The van der Waals surface area contributed by atoms with Crippen molar-refractivity contribution in [1.29, 1.82) is 0 Å². The van der Waals surface area contributed by atoms with Gasteiger partial charge in [0, 0.05) is 26.4 Å². The molecule has 0 radical (unpaired) electrons. The van der Waals surface area contributed by atoms with Crippen LogP contribution in [0.3, 0.4) is 0 Å². The fourth-order valence-corrected chi connectivity index (χ4v) is 2.98. The van der Waals surface area contributed by atoms with Gasteiger partial charge < -0.3 is 65.6 Å². The Kier molecular flexibility index (Phi) is 33.2. The van der Waals surface area contributed by atoms with Crippen LogP contribution in [0.5, 0.6) is 0 Å². The molecule has 0 aromatic rings. The van der Waals surface area contributed by atoms with Gasteiger partial charge in [-0.3, -0.25) is 0 Å². The molecule has 0 amide bonds. The first-order chi connectivity index (χ1) is 19.3. The molecule has 0 aliphatic heterocycles. The fourth-order valence-electron chi connectivity index (χ4n) is 2.98. The lowest BCUT2D eigenvalue weighted by molar-refractivity contribution is -0.108. The van der Waals surface area contributed by atoms with Crippen molar-refractivity contribution in [3.05, 3.63) is 0 Å². The summed E-state index contributed by atoms with van der Waals surface area (Å²) in [6.07, 6.45) is 2.78. The largest absolute Gasteiger partial charge is 0.379 e. The maximum Gasteiger partial charge on any atom is 0.104 e. The predicted octanol–water partition coefficient (Wildman–Crippen LogP) is -0.732. The van der Waals surface area contributed by atoms with E-state index in [-0.39, 0.29) is 12.2 Å². The van der Waals surface area contributed by atoms with Crippen molar-refractivity contribution in [2.75, 3.05) is 132 Å². The van der Waals surface area contributed by atoms with Gasteiger partial charge in [-0.1, -0.05) is 0 Å². The molecule has 0 aromatic carbocycles. The molecule has 236 valence electrons. The van der Waals surface area contributed by atoms with Crippen LogP contribution in [-0.2, 0) is 42.6 Å². The van der Waals surface area contributed by atoms with E-state index in [0.29, 0.717) is 132 Å². The first kappa shape index (κ1) is 38.5. The summed E-state index contributed by atoms with van der Waals surface area (Å²) in [7, 11) is 0. The molecule has 8 N–H and O–H groups in total. The summed E-state index contributed by atoms with van der Waals surface area (Å²) in [6, 6.07) is 0. The number of hydrogen-bond donors (Lipinski definition) is 4. The molecule has 0 spiro atoms. The molecule has 0 aromatic heterocycles. The van der Waals surface area contributed by atoms with Crippen molar-refractivity contribution in [3.63, 3.8) is 0 Å². The summed E-state index contributed by atoms with van der Waals surface area (Å²) in [4.78, 5) is 0. The number of rotatable bonds is 34. The quantitative estimate of drug-likeness (QED) is 0.0710. The number of ether oxygens (including phenoxy) is 9. The second kappa shape index (κ2) is 33.7. The highest BCUT2D eigenvalue weighted by atomic mass is 16.6. The van der Waals surface area contributed by atoms with Gasteiger partial charge in [-0.2, -0.15) is 0 Å². The summed E-state index contributed by atoms with van der Waals surface area (Å²) < 4.78 is 51.3. The Labute approximate surface area is 235 Å². The zero-order valence-corrected chi connectivity index (χ0v) is 24.1. The van der Waals surface area contributed by atoms with Crippen LogP contribution < -0.4 is 22.9 Å². The van der Waals surface area contributed by atoms with Gasteiger partial charge >= 0.3 is 0 Å². The van der Waals surface area contributed by atoms with E-state index in [2.05, 4.69) is 0 Å². The normalized spacial score (nSPS) is 13.2. The summed E-state index contributed by atoms with van der Waals surface area (Å²) in [5.41, 5.74) is 21.9. The Morgan fingerprint density at radius 3 is 0.923 bits per heavy atom. The van der Waals surface area contributed by atoms with Crippen molar-refractivity contribution in [2.24, 2.45) is 22.9 Å². The average molecular weight is 571 g/mol. The molecule has 0 aliphatic carbocycles. The lowest BCUT2D eigenvalue weighted by atomic mass is 10.3. The molecular formula is C26H58N4O9. The molecule has 13 heteroatoms. The second-order valence-corrected chi connectivity index (χ2v) is 8.69. The van der Waals surface area contributed by atoms with E-state index in [1.165, 1.54) is 0 Å². The van der Waals surface area contributed by atoms with Crippen LogP contribution in [0.1, 0.15) is 25.7 Å². The smallest absolute Gasteiger partial charge is 0.104 e. The molecule has 13 nitrogen and oxygen atoms in total. The van der Waals surface area contributed by atoms with E-state index < -0.39 is 0 Å². The van der Waals surface area contributed by atoms with E-state index in [0.717, 1.165) is 25.7 Å². The molecule has 0 saturated carbocycles. The van der Waals surface area contributed by atoms with Gasteiger partial charge in [0.1, 0.15) is 12.2 Å². The molecule has 0 aliphatic rings. The third-order valence-corrected chi connectivity index (χ3v) is 5.09. The maximum atomic E-state index is 5.95. The third kappa shape index (κ3) is 30.3. The van der Waals surface area contributed by atoms with Crippen LogP contribution in [0.4, 0.5) is 0 Å². The molecule has 0 rings (SSSR count). The molecule has 0 heterocycles. The molecule has 39 heavy (non-hydrogen) atoms. The van der Waals surface area contributed by atoms with Gasteiger partial charge in [0.05, 0.1) is 79.3 Å². The van der Waals surface area contributed by atoms with Crippen LogP contribution >= 0.6 is 0 Å². The fraction of sp³-hybridized carbons (Fsp3) is 1.00. The standard InChI is InChI=1S/C26H58N4O9/c27-5-1-9-31-13-15-35-21-25(38-19-17-33-11-3-7-29)23-37-24-26(39-20-18-34-12-4-8-30)22-36-16-14-32-10-2-6-28/h25-26H,1-24,27-30H2. The molecule has 0 bridgehead atoms. The lowest BCUT2D eigenvalue weighted by Crippen LogP contribution is -2.32. The van der Waals surface area contributed by atoms with Crippen molar-refractivity contribution < 1.29 is 42.6 Å². The van der Waals surface area contributed by atoms with E-state index in [4.69, 9.17) is 65.6 Å². The van der Waals surface area contributed by atoms with Crippen LogP contribution in [-0.4, -0.2) is 144 Å². The Balaban J connectivity index is 4.46. The summed E-state index contributed by atoms with van der Waals surface area (Å²) in [5.74, 6) is 0. The SMILES string of the molecule is NCCCOCCOCC(COCC(COCCOCCCN)OCCOCCCN)OCCOCCCN. The van der Waals surface area contributed by atoms with Crippen LogP contribution in [0.15, 0.2) is 0 Å². The topological polar surface area (TPSA) is 187 Å². The first-order valence-electron chi connectivity index (χ1n) is 14.4. The minimum absolute atomic E-state index is 0.260. The van der Waals surface area contributed by atoms with Crippen molar-refractivity contribution in [1.82, 2.24) is 0 Å². The number of nitrogens with two attached hydrogens (primary N) is 4. The van der Waals surface area contributed by atoms with Gasteiger partial charge in [0.25, 0.3) is 0 Å². The highest BCUT2D eigenvalue weighted by Crippen LogP contribution is 2.01. The van der Waals surface area contributed by atoms with Crippen molar-refractivity contribution in [2.45, 2.75) is 37.9 Å². The monoisotopic (exact) mass is 570 g/mol. The summed E-state index contributed by atoms with van der Waals surface area (Å²) in [5, 5.41) is 0. The minimum Gasteiger partial charge on any atom is -0.379 e. The van der Waals surface area contributed by atoms with Gasteiger partial charge in [0.2, 0.25) is 0 Å². The van der Waals surface area contributed by atoms with E-state index in [1.54, 1.807) is 0 Å². The minimum atomic E-state index is -0.260. The van der Waals surface area contributed by atoms with Gasteiger partial charge in [-0.05, 0) is 51.9 Å². The molecule has 2 atom stereocenters. The van der Waals surface area contributed by atoms with Crippen molar-refractivity contribution in [3.8, 4) is 0 Å². The molecule has 0 fully saturated rings. The third-order valence-electron chi connectivity index (χ3n) is 5.09. The maximum absolute atomic E-state index is 5.95. The van der Waals surface area contributed by atoms with E-state index >= 15 is 0 Å². The Hall–Kier alpha value is -0.520. The van der Waals surface area contributed by atoms with Gasteiger partial charge in [-0.25, -0.2) is 0 Å². The Morgan fingerprint density at radius 2 is 0.590 bits per heavy atom. The van der Waals surface area contributed by atoms with E-state index in [1.807, 2.05) is 0 Å². The van der Waals surface area contributed by atoms with Gasteiger partial charge in [-0.15, -0.1) is 0 Å². The Morgan fingerprint density at radius 1 is 0.308 bits per heavy atom. The van der Waals surface area contributed by atoms with Crippen molar-refractivity contribution >= 4 is 0 Å². The molecular weight excluding hydrogens is 512 g/mol. The second-order valence-electron chi connectivity index (χ2n) is 8.69. The predicted molar refractivity (Wildman–Crippen MR) is 150 cm³/mol. The Bertz CT molecular complexity index is 422. The first-order valence-corrected chi connectivity index (χ1v) is 14.4. The average Bonchev–Trinajstić information content (AvgIpc) is 2.94. The highest BCUT2D eigenvalue weighted by Gasteiger charge is 2.15. The summed E-state index contributed by atoms with van der Waals surface area (Å²) in [6.45, 7) is 10.1. The number of hydrogen-bond acceptors (Lipinski definition) is 13. The molecule has 0 saturated heterocycles. The van der Waals surface area contributed by atoms with Crippen LogP contribution in [0.2, 0.25) is 0 Å². The van der Waals surface area contributed by atoms with Gasteiger partial charge in [0.15, 0.2) is 0 Å². The lowest BCUT2D eigenvalue weighted by Gasteiger charge is -2.22. The summed E-state index contributed by atoms with van der Waals surface area (Å²) >= 11 is 0. The van der Waals surface area contributed by atoms with Crippen LogP contribution in [0.25, 0.3) is 0 Å². The van der Waals surface area contributed by atoms with Crippen LogP contribution in [0, 0.1) is 0 Å². The zero-order chi connectivity index (χ0) is 28.5. The highest BCUT2D eigenvalue weighted by molar-refractivity contribution is 4.60. The zero-order valence-electron chi connectivity index (χ0n) is 24.1. The van der Waals surface area contributed by atoms with E-state index in [9.17, 15) is 0 Å². The molecule has 2 unspecified atom stereocenters.